The highest BCUT2D eigenvalue weighted by Crippen LogP contribution is 2.38. The number of carbonyl (C=O) groups is 2. The number of amides is 1. The summed E-state index contributed by atoms with van der Waals surface area (Å²) >= 11 is 7.89. The van der Waals surface area contributed by atoms with Gasteiger partial charge in [-0.3, -0.25) is 14.6 Å². The van der Waals surface area contributed by atoms with Crippen molar-refractivity contribution in [3.05, 3.63) is 113 Å². The summed E-state index contributed by atoms with van der Waals surface area (Å²) in [4.78, 5) is 41.2. The zero-order valence-corrected chi connectivity index (χ0v) is 24.5. The number of pyridine rings is 1. The molecule has 1 aliphatic rings. The number of hydrogen-bond acceptors (Lipinski definition) is 7. The fourth-order valence-electron chi connectivity index (χ4n) is 5.23. The molecular weight excluding hydrogens is 554 g/mol. The molecule has 0 atom stereocenters. The van der Waals surface area contributed by atoms with Gasteiger partial charge in [0, 0.05) is 55.3 Å². The van der Waals surface area contributed by atoms with Gasteiger partial charge in [0.05, 0.1) is 5.41 Å². The first-order chi connectivity index (χ1) is 19.9. The van der Waals surface area contributed by atoms with Crippen molar-refractivity contribution in [1.82, 2.24) is 20.3 Å². The Labute approximate surface area is 249 Å². The molecule has 9 heteroatoms. The third-order valence-electron chi connectivity index (χ3n) is 7.55. The van der Waals surface area contributed by atoms with E-state index in [1.807, 2.05) is 72.8 Å². The van der Waals surface area contributed by atoms with Gasteiger partial charge in [-0.2, -0.15) is 0 Å². The van der Waals surface area contributed by atoms with Crippen LogP contribution in [-0.2, 0) is 22.4 Å². The van der Waals surface area contributed by atoms with Crippen LogP contribution in [0.1, 0.15) is 46.9 Å². The monoisotopic (exact) mass is 585 g/mol. The molecule has 1 fully saturated rings. The summed E-state index contributed by atoms with van der Waals surface area (Å²) in [7, 11) is 0. The topological polar surface area (TPSA) is 88.1 Å². The Morgan fingerprint density at radius 1 is 0.976 bits per heavy atom. The minimum atomic E-state index is -0.470. The van der Waals surface area contributed by atoms with Gasteiger partial charge in [-0.1, -0.05) is 71.9 Å². The highest BCUT2D eigenvalue weighted by Gasteiger charge is 2.40. The number of piperidine rings is 1. The molecule has 1 saturated heterocycles. The van der Waals surface area contributed by atoms with E-state index in [9.17, 15) is 9.59 Å². The number of aromatic nitrogens is 3. The predicted octanol–water partition coefficient (Wildman–Crippen LogP) is 5.92. The molecule has 210 valence electrons. The third kappa shape index (κ3) is 7.13. The van der Waals surface area contributed by atoms with Crippen LogP contribution in [-0.4, -0.2) is 46.3 Å². The number of anilines is 1. The maximum absolute atomic E-state index is 12.8. The van der Waals surface area contributed by atoms with Crippen LogP contribution in [0.25, 0.3) is 0 Å². The number of ketones is 1. The number of hydrogen-bond donors (Lipinski definition) is 1. The number of halogens is 1. The lowest BCUT2D eigenvalue weighted by atomic mass is 9.70. The zero-order valence-electron chi connectivity index (χ0n) is 22.9. The van der Waals surface area contributed by atoms with Crippen LogP contribution in [0.3, 0.4) is 0 Å². The number of nitrogens with zero attached hydrogens (tertiary/aromatic N) is 4. The molecule has 0 aliphatic carbocycles. The van der Waals surface area contributed by atoms with Crippen LogP contribution in [0.2, 0.25) is 5.15 Å². The maximum atomic E-state index is 12.8. The normalized spacial score (nSPS) is 14.4. The van der Waals surface area contributed by atoms with Crippen molar-refractivity contribution in [2.45, 2.75) is 42.5 Å². The van der Waals surface area contributed by atoms with Gasteiger partial charge >= 0.3 is 0 Å². The minimum absolute atomic E-state index is 0.115. The number of benzene rings is 2. The molecule has 4 aromatic rings. The van der Waals surface area contributed by atoms with E-state index in [0.29, 0.717) is 60.5 Å². The Morgan fingerprint density at radius 3 is 2.49 bits per heavy atom. The zero-order chi connectivity index (χ0) is 28.7. The third-order valence-corrected chi connectivity index (χ3v) is 8.66. The largest absolute Gasteiger partial charge is 0.356 e. The molecule has 0 spiro atoms. The summed E-state index contributed by atoms with van der Waals surface area (Å²) in [5.74, 6) is 1.44. The molecule has 0 bridgehead atoms. The smallest absolute Gasteiger partial charge is 0.251 e. The number of thioether (sulfide) groups is 1. The minimum Gasteiger partial charge on any atom is -0.356 e. The molecule has 1 amide bonds. The van der Waals surface area contributed by atoms with Crippen LogP contribution < -0.4 is 10.2 Å². The lowest BCUT2D eigenvalue weighted by Crippen LogP contribution is -2.47. The van der Waals surface area contributed by atoms with Crippen molar-refractivity contribution in [3.63, 3.8) is 0 Å². The summed E-state index contributed by atoms with van der Waals surface area (Å²) in [5, 5.41) is 3.92. The first-order valence-corrected chi connectivity index (χ1v) is 15.1. The highest BCUT2D eigenvalue weighted by atomic mass is 35.5. The van der Waals surface area contributed by atoms with Crippen molar-refractivity contribution in [3.8, 4) is 0 Å². The van der Waals surface area contributed by atoms with Gasteiger partial charge in [-0.15, -0.1) is 0 Å². The molecule has 7 nitrogen and oxygen atoms in total. The van der Waals surface area contributed by atoms with Crippen molar-refractivity contribution < 1.29 is 9.59 Å². The van der Waals surface area contributed by atoms with E-state index >= 15 is 0 Å². The Kier molecular flexibility index (Phi) is 9.31. The Bertz CT molecular complexity index is 1490. The molecule has 2 aromatic heterocycles. The van der Waals surface area contributed by atoms with Crippen LogP contribution in [0.5, 0.6) is 0 Å². The first kappa shape index (κ1) is 28.8. The second-order valence-corrected chi connectivity index (χ2v) is 11.5. The Balaban J connectivity index is 1.19. The van der Waals surface area contributed by atoms with Gasteiger partial charge in [0.2, 0.25) is 0 Å². The summed E-state index contributed by atoms with van der Waals surface area (Å²) in [5.41, 5.74) is 3.15. The molecule has 5 rings (SSSR count). The second kappa shape index (κ2) is 13.3. The quantitative estimate of drug-likeness (QED) is 0.140. The number of nitrogens with one attached hydrogen (secondary N) is 1. The van der Waals surface area contributed by atoms with E-state index in [4.69, 9.17) is 16.6 Å². The van der Waals surface area contributed by atoms with Gasteiger partial charge in [-0.05, 0) is 55.2 Å². The van der Waals surface area contributed by atoms with Gasteiger partial charge in [-0.25, -0.2) is 9.97 Å². The van der Waals surface area contributed by atoms with E-state index in [1.165, 1.54) is 11.8 Å². The first-order valence-electron chi connectivity index (χ1n) is 13.7. The summed E-state index contributed by atoms with van der Waals surface area (Å²) in [6, 6.07) is 25.2. The summed E-state index contributed by atoms with van der Waals surface area (Å²) < 4.78 is 0. The SMILES string of the molecule is CC(=O)C1(c2ccccc2)CCN(c2cc(Cl)nc(SCc3cccc(C(=O)NCCc4ccccn4)c3)n2)CC1. The van der Waals surface area contributed by atoms with E-state index in [0.717, 1.165) is 22.6 Å². The van der Waals surface area contributed by atoms with Crippen LogP contribution >= 0.6 is 23.4 Å². The van der Waals surface area contributed by atoms with Crippen molar-refractivity contribution in [1.29, 1.82) is 0 Å². The number of carbonyl (C=O) groups excluding carboxylic acids is 2. The second-order valence-electron chi connectivity index (χ2n) is 10.1. The van der Waals surface area contributed by atoms with Crippen molar-refractivity contribution in [2.24, 2.45) is 0 Å². The van der Waals surface area contributed by atoms with Crippen LogP contribution in [0.15, 0.2) is 90.2 Å². The molecule has 41 heavy (non-hydrogen) atoms. The molecule has 1 aliphatic heterocycles. The fraction of sp³-hybridized carbons (Fsp3) is 0.281. The Hall–Kier alpha value is -3.75. The molecular formula is C32H32ClN5O2S. The summed E-state index contributed by atoms with van der Waals surface area (Å²) in [6.45, 7) is 3.61. The maximum Gasteiger partial charge on any atom is 0.251 e. The average molecular weight is 586 g/mol. The number of Topliss-reactive ketones (excluding diaryl/α,β-unsaturated/α-hetero) is 1. The van der Waals surface area contributed by atoms with E-state index in [2.05, 4.69) is 20.2 Å². The van der Waals surface area contributed by atoms with E-state index < -0.39 is 5.41 Å². The molecule has 0 unspecified atom stereocenters. The lowest BCUT2D eigenvalue weighted by molar-refractivity contribution is -0.123. The fourth-order valence-corrected chi connectivity index (χ4v) is 6.26. The molecule has 0 radical (unpaired) electrons. The van der Waals surface area contributed by atoms with Gasteiger partial charge < -0.3 is 10.2 Å². The standard InChI is InChI=1S/C32H32ClN5O2S/c1-23(39)32(26-10-3-2-4-11-26)14-18-38(19-15-32)29-21-28(33)36-31(37-29)41-22-24-8-7-9-25(20-24)30(40)35-17-13-27-12-5-6-16-34-27/h2-12,16,20-21H,13-15,17-19,22H2,1H3,(H,35,40). The van der Waals surface area contributed by atoms with Crippen LogP contribution in [0, 0.1) is 0 Å². The molecule has 1 N–H and O–H groups in total. The van der Waals surface area contributed by atoms with Crippen molar-refractivity contribution >= 4 is 40.9 Å². The molecule has 2 aromatic carbocycles. The number of rotatable bonds is 10. The molecule has 3 heterocycles. The van der Waals surface area contributed by atoms with E-state index in [-0.39, 0.29) is 11.7 Å². The van der Waals surface area contributed by atoms with Crippen LogP contribution in [0.4, 0.5) is 5.82 Å². The summed E-state index contributed by atoms with van der Waals surface area (Å²) in [6.07, 6.45) is 3.86. The average Bonchev–Trinajstić information content (AvgIpc) is 3.01. The Morgan fingerprint density at radius 2 is 1.76 bits per heavy atom. The highest BCUT2D eigenvalue weighted by molar-refractivity contribution is 7.98. The van der Waals surface area contributed by atoms with Gasteiger partial charge in [0.1, 0.15) is 16.8 Å². The molecule has 0 saturated carbocycles. The van der Waals surface area contributed by atoms with Gasteiger partial charge in [0.25, 0.3) is 5.91 Å². The van der Waals surface area contributed by atoms with Crippen molar-refractivity contribution in [2.75, 3.05) is 24.5 Å². The van der Waals surface area contributed by atoms with Gasteiger partial charge in [0.15, 0.2) is 5.16 Å². The van der Waals surface area contributed by atoms with E-state index in [1.54, 1.807) is 19.2 Å². The predicted molar refractivity (Wildman–Crippen MR) is 164 cm³/mol. The lowest BCUT2D eigenvalue weighted by Gasteiger charge is -2.41.